The van der Waals surface area contributed by atoms with Crippen LogP contribution in [0.2, 0.25) is 0 Å². The van der Waals surface area contributed by atoms with Crippen LogP contribution in [0, 0.1) is 5.92 Å². The van der Waals surface area contributed by atoms with Crippen LogP contribution >= 0.6 is 0 Å². The van der Waals surface area contributed by atoms with Gasteiger partial charge in [-0.2, -0.15) is 0 Å². The molecule has 0 amide bonds. The highest BCUT2D eigenvalue weighted by atomic mass is 16.5. The van der Waals surface area contributed by atoms with Gasteiger partial charge in [-0.1, -0.05) is 19.8 Å². The van der Waals surface area contributed by atoms with Crippen LogP contribution in [0.5, 0.6) is 0 Å². The van der Waals surface area contributed by atoms with E-state index in [-0.39, 0.29) is 5.97 Å². The summed E-state index contributed by atoms with van der Waals surface area (Å²) in [6, 6.07) is 0.799. The Morgan fingerprint density at radius 3 is 2.67 bits per heavy atom. The first-order valence-corrected chi connectivity index (χ1v) is 8.82. The molecule has 2 aliphatic carbocycles. The summed E-state index contributed by atoms with van der Waals surface area (Å²) in [5.74, 6) is 0.110. The second kappa shape index (κ2) is 7.59. The molecule has 2 unspecified atom stereocenters. The SMILES string of the molecule is CCCCN(CCC1CCCC1(N)C(=O)OCC)C1CC1. The number of nitrogens with zero attached hydrogens (tertiary/aromatic N) is 1. The van der Waals surface area contributed by atoms with Gasteiger partial charge in [0.25, 0.3) is 0 Å². The van der Waals surface area contributed by atoms with Crippen molar-refractivity contribution in [2.45, 2.75) is 76.8 Å². The zero-order valence-electron chi connectivity index (χ0n) is 13.8. The number of hydrogen-bond acceptors (Lipinski definition) is 4. The van der Waals surface area contributed by atoms with E-state index < -0.39 is 5.54 Å². The number of nitrogens with two attached hydrogens (primary N) is 1. The van der Waals surface area contributed by atoms with Crippen molar-refractivity contribution >= 4 is 5.97 Å². The highest BCUT2D eigenvalue weighted by Gasteiger charge is 2.46. The van der Waals surface area contributed by atoms with Gasteiger partial charge in [-0.15, -0.1) is 0 Å². The van der Waals surface area contributed by atoms with Gasteiger partial charge in [0.2, 0.25) is 0 Å². The summed E-state index contributed by atoms with van der Waals surface area (Å²) < 4.78 is 5.21. The molecule has 0 saturated heterocycles. The maximum absolute atomic E-state index is 12.2. The fourth-order valence-corrected chi connectivity index (χ4v) is 3.64. The average Bonchev–Trinajstić information content (AvgIpc) is 3.23. The number of hydrogen-bond donors (Lipinski definition) is 1. The third-order valence-corrected chi connectivity index (χ3v) is 5.15. The molecule has 2 rings (SSSR count). The molecule has 0 aromatic carbocycles. The van der Waals surface area contributed by atoms with Gasteiger partial charge in [0.15, 0.2) is 0 Å². The molecule has 0 radical (unpaired) electrons. The highest BCUT2D eigenvalue weighted by Crippen LogP contribution is 2.38. The molecule has 2 saturated carbocycles. The molecule has 0 aliphatic heterocycles. The van der Waals surface area contributed by atoms with E-state index >= 15 is 0 Å². The molecule has 0 aromatic rings. The number of ether oxygens (including phenoxy) is 1. The first-order chi connectivity index (χ1) is 10.1. The third-order valence-electron chi connectivity index (χ3n) is 5.15. The van der Waals surface area contributed by atoms with Crippen LogP contribution in [0.4, 0.5) is 0 Å². The Morgan fingerprint density at radius 2 is 2.05 bits per heavy atom. The van der Waals surface area contributed by atoms with Gasteiger partial charge in [0, 0.05) is 6.04 Å². The van der Waals surface area contributed by atoms with Gasteiger partial charge in [-0.25, -0.2) is 0 Å². The molecule has 2 fully saturated rings. The van der Waals surface area contributed by atoms with Crippen LogP contribution < -0.4 is 5.73 Å². The van der Waals surface area contributed by atoms with Crippen LogP contribution in [0.1, 0.15) is 65.2 Å². The van der Waals surface area contributed by atoms with Crippen molar-refractivity contribution in [1.82, 2.24) is 4.90 Å². The van der Waals surface area contributed by atoms with Crippen LogP contribution in [-0.4, -0.2) is 42.1 Å². The van der Waals surface area contributed by atoms with E-state index in [2.05, 4.69) is 11.8 Å². The largest absolute Gasteiger partial charge is 0.465 e. The minimum atomic E-state index is -0.726. The summed E-state index contributed by atoms with van der Waals surface area (Å²) in [6.45, 7) is 6.81. The molecule has 0 bridgehead atoms. The van der Waals surface area contributed by atoms with Crippen molar-refractivity contribution in [2.75, 3.05) is 19.7 Å². The van der Waals surface area contributed by atoms with Crippen molar-refractivity contribution in [3.8, 4) is 0 Å². The summed E-state index contributed by atoms with van der Waals surface area (Å²) in [4.78, 5) is 14.8. The smallest absolute Gasteiger partial charge is 0.326 e. The lowest BCUT2D eigenvalue weighted by Crippen LogP contribution is -2.52. The quantitative estimate of drug-likeness (QED) is 0.665. The van der Waals surface area contributed by atoms with Crippen molar-refractivity contribution in [2.24, 2.45) is 11.7 Å². The van der Waals surface area contributed by atoms with Gasteiger partial charge in [-0.3, -0.25) is 4.79 Å². The summed E-state index contributed by atoms with van der Waals surface area (Å²) in [5, 5.41) is 0. The summed E-state index contributed by atoms with van der Waals surface area (Å²) in [7, 11) is 0. The Bertz CT molecular complexity index is 344. The molecule has 0 aromatic heterocycles. The van der Waals surface area contributed by atoms with Gasteiger partial charge in [0.1, 0.15) is 5.54 Å². The highest BCUT2D eigenvalue weighted by molar-refractivity contribution is 5.81. The Hall–Kier alpha value is -0.610. The minimum Gasteiger partial charge on any atom is -0.465 e. The number of esters is 1. The average molecular weight is 296 g/mol. The zero-order chi connectivity index (χ0) is 15.3. The monoisotopic (exact) mass is 296 g/mol. The molecule has 4 heteroatoms. The maximum atomic E-state index is 12.2. The fourth-order valence-electron chi connectivity index (χ4n) is 3.64. The van der Waals surface area contributed by atoms with E-state index in [1.807, 2.05) is 6.92 Å². The lowest BCUT2D eigenvalue weighted by molar-refractivity contribution is -0.151. The van der Waals surface area contributed by atoms with Crippen molar-refractivity contribution in [1.29, 1.82) is 0 Å². The first kappa shape index (κ1) is 16.8. The van der Waals surface area contributed by atoms with Crippen LogP contribution in [0.15, 0.2) is 0 Å². The van der Waals surface area contributed by atoms with Crippen LogP contribution in [0.3, 0.4) is 0 Å². The molecular weight excluding hydrogens is 264 g/mol. The molecule has 0 spiro atoms. The zero-order valence-corrected chi connectivity index (χ0v) is 13.8. The van der Waals surface area contributed by atoms with E-state index in [4.69, 9.17) is 10.5 Å². The molecule has 2 aliphatic rings. The third kappa shape index (κ3) is 4.19. The minimum absolute atomic E-state index is 0.181. The second-order valence-electron chi connectivity index (χ2n) is 6.76. The molecule has 0 heterocycles. The van der Waals surface area contributed by atoms with Gasteiger partial charge in [0.05, 0.1) is 6.61 Å². The van der Waals surface area contributed by atoms with Gasteiger partial charge in [-0.05, 0) is 64.5 Å². The summed E-state index contributed by atoms with van der Waals surface area (Å²) >= 11 is 0. The van der Waals surface area contributed by atoms with Crippen LogP contribution in [-0.2, 0) is 9.53 Å². The molecule has 122 valence electrons. The van der Waals surface area contributed by atoms with E-state index in [9.17, 15) is 4.79 Å². The number of unbranched alkanes of at least 4 members (excludes halogenated alkanes) is 1. The number of rotatable bonds is 9. The van der Waals surface area contributed by atoms with Crippen molar-refractivity contribution < 1.29 is 9.53 Å². The van der Waals surface area contributed by atoms with Gasteiger partial charge >= 0.3 is 5.97 Å². The molecule has 21 heavy (non-hydrogen) atoms. The Morgan fingerprint density at radius 1 is 1.29 bits per heavy atom. The first-order valence-electron chi connectivity index (χ1n) is 8.82. The molecule has 2 atom stereocenters. The van der Waals surface area contributed by atoms with E-state index in [1.165, 1.54) is 32.2 Å². The predicted octanol–water partition coefficient (Wildman–Crippen LogP) is 2.70. The topological polar surface area (TPSA) is 55.6 Å². The lowest BCUT2D eigenvalue weighted by atomic mass is 9.85. The number of carbonyl (C=O) groups excluding carboxylic acids is 1. The Labute approximate surface area is 129 Å². The predicted molar refractivity (Wildman–Crippen MR) is 85.0 cm³/mol. The second-order valence-corrected chi connectivity index (χ2v) is 6.76. The maximum Gasteiger partial charge on any atom is 0.326 e. The fraction of sp³-hybridized carbons (Fsp3) is 0.941. The standard InChI is InChI=1S/C17H32N2O2/c1-3-5-12-19(15-8-9-15)13-10-14-7-6-11-17(14,18)16(20)21-4-2/h14-15H,3-13,18H2,1-2H3. The van der Waals surface area contributed by atoms with E-state index in [0.717, 1.165) is 38.3 Å². The van der Waals surface area contributed by atoms with E-state index in [0.29, 0.717) is 12.5 Å². The molecular formula is C17H32N2O2. The van der Waals surface area contributed by atoms with Crippen molar-refractivity contribution in [3.05, 3.63) is 0 Å². The summed E-state index contributed by atoms with van der Waals surface area (Å²) in [5.41, 5.74) is 5.69. The van der Waals surface area contributed by atoms with Gasteiger partial charge < -0.3 is 15.4 Å². The Balaban J connectivity index is 1.86. The normalized spacial score (nSPS) is 29.0. The summed E-state index contributed by atoms with van der Waals surface area (Å²) in [6.07, 6.45) is 9.16. The van der Waals surface area contributed by atoms with E-state index in [1.54, 1.807) is 0 Å². The molecule has 4 nitrogen and oxygen atoms in total. The Kier molecular flexibility index (Phi) is 6.06. The lowest BCUT2D eigenvalue weighted by Gasteiger charge is -2.31. The van der Waals surface area contributed by atoms with Crippen LogP contribution in [0.25, 0.3) is 0 Å². The molecule has 2 N–H and O–H groups in total. The number of carbonyl (C=O) groups is 1. The van der Waals surface area contributed by atoms with Crippen molar-refractivity contribution in [3.63, 3.8) is 0 Å².